The van der Waals surface area contributed by atoms with Crippen LogP contribution in [0, 0.1) is 0 Å². The number of aromatic nitrogens is 1. The Morgan fingerprint density at radius 2 is 2.17 bits per heavy atom. The highest BCUT2D eigenvalue weighted by atomic mass is 16.5. The number of aliphatic hydroxyl groups is 1. The van der Waals surface area contributed by atoms with Gasteiger partial charge < -0.3 is 9.84 Å². The Morgan fingerprint density at radius 1 is 1.28 bits per heavy atom. The third kappa shape index (κ3) is 3.20. The SMILES string of the molecule is CCC(O)CCCOc1cccc2ncccc12. The molecule has 0 aliphatic carbocycles. The van der Waals surface area contributed by atoms with Crippen LogP contribution in [0.4, 0.5) is 0 Å². The van der Waals surface area contributed by atoms with Crippen molar-refractivity contribution in [3.8, 4) is 5.75 Å². The maximum absolute atomic E-state index is 9.46. The molecule has 1 aromatic heterocycles. The summed E-state index contributed by atoms with van der Waals surface area (Å²) in [6.45, 7) is 2.62. The number of rotatable bonds is 6. The van der Waals surface area contributed by atoms with Gasteiger partial charge in [0.2, 0.25) is 0 Å². The van der Waals surface area contributed by atoms with Crippen molar-refractivity contribution in [3.63, 3.8) is 0 Å². The maximum Gasteiger partial charge on any atom is 0.128 e. The molecule has 3 nitrogen and oxygen atoms in total. The topological polar surface area (TPSA) is 42.4 Å². The lowest BCUT2D eigenvalue weighted by molar-refractivity contribution is 0.149. The van der Waals surface area contributed by atoms with Gasteiger partial charge in [-0.25, -0.2) is 0 Å². The minimum atomic E-state index is -0.206. The van der Waals surface area contributed by atoms with E-state index in [0.717, 1.165) is 35.9 Å². The molecule has 3 heteroatoms. The number of aliphatic hydroxyl groups excluding tert-OH is 1. The molecule has 96 valence electrons. The van der Waals surface area contributed by atoms with E-state index in [1.807, 2.05) is 37.3 Å². The van der Waals surface area contributed by atoms with Gasteiger partial charge in [0.05, 0.1) is 18.2 Å². The first-order valence-corrected chi connectivity index (χ1v) is 6.46. The fourth-order valence-electron chi connectivity index (χ4n) is 1.91. The van der Waals surface area contributed by atoms with Gasteiger partial charge in [0, 0.05) is 11.6 Å². The van der Waals surface area contributed by atoms with Gasteiger partial charge in [-0.15, -0.1) is 0 Å². The highest BCUT2D eigenvalue weighted by molar-refractivity contribution is 5.84. The molecule has 1 N–H and O–H groups in total. The van der Waals surface area contributed by atoms with Crippen LogP contribution in [0.3, 0.4) is 0 Å². The van der Waals surface area contributed by atoms with Crippen LogP contribution in [-0.4, -0.2) is 22.8 Å². The zero-order valence-corrected chi connectivity index (χ0v) is 10.7. The summed E-state index contributed by atoms with van der Waals surface area (Å²) in [5.74, 6) is 0.867. The van der Waals surface area contributed by atoms with Crippen molar-refractivity contribution in [3.05, 3.63) is 36.5 Å². The molecule has 2 aromatic rings. The summed E-state index contributed by atoms with van der Waals surface area (Å²) in [5, 5.41) is 10.5. The number of hydrogen-bond donors (Lipinski definition) is 1. The second-order valence-corrected chi connectivity index (χ2v) is 4.38. The third-order valence-corrected chi connectivity index (χ3v) is 3.02. The van der Waals surface area contributed by atoms with Crippen molar-refractivity contribution < 1.29 is 9.84 Å². The van der Waals surface area contributed by atoms with E-state index < -0.39 is 0 Å². The average molecular weight is 245 g/mol. The van der Waals surface area contributed by atoms with Crippen LogP contribution in [0.2, 0.25) is 0 Å². The van der Waals surface area contributed by atoms with E-state index >= 15 is 0 Å². The van der Waals surface area contributed by atoms with Gasteiger partial charge in [-0.1, -0.05) is 13.0 Å². The fourth-order valence-corrected chi connectivity index (χ4v) is 1.91. The molecule has 0 fully saturated rings. The van der Waals surface area contributed by atoms with E-state index in [-0.39, 0.29) is 6.10 Å². The van der Waals surface area contributed by atoms with Gasteiger partial charge in [0.1, 0.15) is 5.75 Å². The molecule has 1 heterocycles. The molecule has 1 aromatic carbocycles. The molecule has 0 bridgehead atoms. The molecule has 0 aliphatic rings. The van der Waals surface area contributed by atoms with E-state index in [9.17, 15) is 5.11 Å². The number of nitrogens with zero attached hydrogens (tertiary/aromatic N) is 1. The number of pyridine rings is 1. The highest BCUT2D eigenvalue weighted by Crippen LogP contribution is 2.23. The summed E-state index contributed by atoms with van der Waals surface area (Å²) in [6.07, 6.45) is 4.04. The number of ether oxygens (including phenoxy) is 1. The van der Waals surface area contributed by atoms with Crippen molar-refractivity contribution in [2.24, 2.45) is 0 Å². The van der Waals surface area contributed by atoms with E-state index in [1.54, 1.807) is 6.20 Å². The molecule has 0 aliphatic heterocycles. The summed E-state index contributed by atoms with van der Waals surface area (Å²) < 4.78 is 5.76. The van der Waals surface area contributed by atoms with Crippen LogP contribution in [-0.2, 0) is 0 Å². The second kappa shape index (κ2) is 6.36. The van der Waals surface area contributed by atoms with Gasteiger partial charge in [-0.2, -0.15) is 0 Å². The zero-order valence-electron chi connectivity index (χ0n) is 10.7. The summed E-state index contributed by atoms with van der Waals surface area (Å²) in [4.78, 5) is 4.29. The largest absolute Gasteiger partial charge is 0.493 e. The van der Waals surface area contributed by atoms with Gasteiger partial charge >= 0.3 is 0 Å². The third-order valence-electron chi connectivity index (χ3n) is 3.02. The first kappa shape index (κ1) is 12.8. The molecule has 2 rings (SSSR count). The Labute approximate surface area is 107 Å². The monoisotopic (exact) mass is 245 g/mol. The minimum absolute atomic E-state index is 0.206. The van der Waals surface area contributed by atoms with Gasteiger partial charge in [-0.3, -0.25) is 4.98 Å². The lowest BCUT2D eigenvalue weighted by Gasteiger charge is -2.10. The maximum atomic E-state index is 9.46. The van der Waals surface area contributed by atoms with Gasteiger partial charge in [0.25, 0.3) is 0 Å². The van der Waals surface area contributed by atoms with Crippen LogP contribution in [0.15, 0.2) is 36.5 Å². The van der Waals surface area contributed by atoms with Crippen LogP contribution < -0.4 is 4.74 Å². The van der Waals surface area contributed by atoms with Crippen LogP contribution in [0.1, 0.15) is 26.2 Å². The molecule has 1 unspecified atom stereocenters. The Morgan fingerprint density at radius 3 is 3.00 bits per heavy atom. The standard InChI is InChI=1S/C15H19NO2/c1-2-12(17)6-5-11-18-15-9-3-8-14-13(15)7-4-10-16-14/h3-4,7-10,12,17H,2,5-6,11H2,1H3. The Balaban J connectivity index is 1.95. The Bertz CT molecular complexity index is 493. The average Bonchev–Trinajstić information content (AvgIpc) is 2.43. The molecule has 0 spiro atoms. The molecular weight excluding hydrogens is 226 g/mol. The quantitative estimate of drug-likeness (QED) is 0.795. The molecule has 18 heavy (non-hydrogen) atoms. The number of hydrogen-bond acceptors (Lipinski definition) is 3. The summed E-state index contributed by atoms with van der Waals surface area (Å²) in [7, 11) is 0. The zero-order chi connectivity index (χ0) is 12.8. The van der Waals surface area contributed by atoms with Crippen molar-refractivity contribution in [1.82, 2.24) is 4.98 Å². The lowest BCUT2D eigenvalue weighted by Crippen LogP contribution is -2.07. The smallest absolute Gasteiger partial charge is 0.128 e. The minimum Gasteiger partial charge on any atom is -0.493 e. The van der Waals surface area contributed by atoms with E-state index in [0.29, 0.717) is 6.61 Å². The first-order chi connectivity index (χ1) is 8.81. The molecule has 0 radical (unpaired) electrons. The molecular formula is C15H19NO2. The second-order valence-electron chi connectivity index (χ2n) is 4.38. The van der Waals surface area contributed by atoms with E-state index in [1.165, 1.54) is 0 Å². The van der Waals surface area contributed by atoms with Crippen LogP contribution in [0.5, 0.6) is 5.75 Å². The van der Waals surface area contributed by atoms with Crippen molar-refractivity contribution >= 4 is 10.9 Å². The molecule has 1 atom stereocenters. The first-order valence-electron chi connectivity index (χ1n) is 6.46. The van der Waals surface area contributed by atoms with Crippen molar-refractivity contribution in [2.75, 3.05) is 6.61 Å². The fraction of sp³-hybridized carbons (Fsp3) is 0.400. The van der Waals surface area contributed by atoms with E-state index in [2.05, 4.69) is 4.98 Å². The summed E-state index contributed by atoms with van der Waals surface area (Å²) in [5.41, 5.74) is 0.948. The lowest BCUT2D eigenvalue weighted by atomic mass is 10.1. The molecule has 0 saturated carbocycles. The van der Waals surface area contributed by atoms with Crippen molar-refractivity contribution in [1.29, 1.82) is 0 Å². The molecule has 0 amide bonds. The van der Waals surface area contributed by atoms with Gasteiger partial charge in [0.15, 0.2) is 0 Å². The normalized spacial score (nSPS) is 12.6. The highest BCUT2D eigenvalue weighted by Gasteiger charge is 2.03. The number of fused-ring (bicyclic) bond motifs is 1. The molecule has 0 saturated heterocycles. The van der Waals surface area contributed by atoms with Gasteiger partial charge in [-0.05, 0) is 43.5 Å². The Kier molecular flexibility index (Phi) is 4.53. The summed E-state index contributed by atoms with van der Waals surface area (Å²) in [6, 6.07) is 9.81. The number of benzene rings is 1. The predicted octanol–water partition coefficient (Wildman–Crippen LogP) is 3.16. The van der Waals surface area contributed by atoms with Crippen molar-refractivity contribution in [2.45, 2.75) is 32.3 Å². The van der Waals surface area contributed by atoms with E-state index in [4.69, 9.17) is 4.74 Å². The van der Waals surface area contributed by atoms with Crippen LogP contribution >= 0.6 is 0 Å². The summed E-state index contributed by atoms with van der Waals surface area (Å²) >= 11 is 0. The van der Waals surface area contributed by atoms with Crippen LogP contribution in [0.25, 0.3) is 10.9 Å². The Hall–Kier alpha value is -1.61. The predicted molar refractivity (Wildman–Crippen MR) is 72.8 cm³/mol.